The molecule has 17 heavy (non-hydrogen) atoms. The summed E-state index contributed by atoms with van der Waals surface area (Å²) < 4.78 is 0. The Balaban J connectivity index is 0. The van der Waals surface area contributed by atoms with Gasteiger partial charge in [-0.25, -0.2) is 0 Å². The van der Waals surface area contributed by atoms with Gasteiger partial charge in [-0.3, -0.25) is 4.79 Å². The number of carbonyl (C=O) groups is 1. The summed E-state index contributed by atoms with van der Waals surface area (Å²) in [5, 5.41) is 0. The summed E-state index contributed by atoms with van der Waals surface area (Å²) >= 11 is 0. The SMILES string of the molecule is C=C.CC/C(C)=C/C=C/C(=O)CCC=C(C)C. The summed E-state index contributed by atoms with van der Waals surface area (Å²) in [6, 6.07) is 0. The van der Waals surface area contributed by atoms with Gasteiger partial charge in [0.15, 0.2) is 5.78 Å². The number of allylic oxidation sites excluding steroid dienone is 6. The molecule has 0 saturated carbocycles. The molecule has 0 aromatic rings. The van der Waals surface area contributed by atoms with E-state index >= 15 is 0 Å². The monoisotopic (exact) mass is 234 g/mol. The Morgan fingerprint density at radius 3 is 2.24 bits per heavy atom. The molecule has 0 saturated heterocycles. The third-order valence-electron chi connectivity index (χ3n) is 2.16. The third-order valence-corrected chi connectivity index (χ3v) is 2.16. The van der Waals surface area contributed by atoms with E-state index in [1.807, 2.05) is 26.0 Å². The lowest BCUT2D eigenvalue weighted by Crippen LogP contribution is -1.90. The van der Waals surface area contributed by atoms with Gasteiger partial charge in [0, 0.05) is 6.42 Å². The van der Waals surface area contributed by atoms with Crippen LogP contribution in [0.4, 0.5) is 0 Å². The molecule has 0 aromatic heterocycles. The Kier molecular flexibility index (Phi) is 13.5. The highest BCUT2D eigenvalue weighted by atomic mass is 16.1. The van der Waals surface area contributed by atoms with Gasteiger partial charge in [-0.2, -0.15) is 0 Å². The zero-order valence-electron chi connectivity index (χ0n) is 11.8. The predicted octanol–water partition coefficient (Wildman–Crippen LogP) is 5.02. The van der Waals surface area contributed by atoms with Gasteiger partial charge in [-0.05, 0) is 39.7 Å². The molecule has 0 aliphatic rings. The van der Waals surface area contributed by atoms with Crippen LogP contribution in [-0.4, -0.2) is 5.78 Å². The van der Waals surface area contributed by atoms with Crippen molar-refractivity contribution >= 4 is 5.78 Å². The van der Waals surface area contributed by atoms with E-state index in [-0.39, 0.29) is 5.78 Å². The minimum Gasteiger partial charge on any atom is -0.295 e. The van der Waals surface area contributed by atoms with Crippen molar-refractivity contribution in [1.82, 2.24) is 0 Å². The van der Waals surface area contributed by atoms with Gasteiger partial charge in [0.1, 0.15) is 0 Å². The average Bonchev–Trinajstić information content (AvgIpc) is 2.31. The highest BCUT2D eigenvalue weighted by Gasteiger charge is 1.93. The lowest BCUT2D eigenvalue weighted by molar-refractivity contribution is -0.114. The van der Waals surface area contributed by atoms with Crippen LogP contribution in [0.2, 0.25) is 0 Å². The number of carbonyl (C=O) groups excluding carboxylic acids is 1. The van der Waals surface area contributed by atoms with Crippen LogP contribution in [0.3, 0.4) is 0 Å². The molecular formula is C16H26O. The Morgan fingerprint density at radius 1 is 1.18 bits per heavy atom. The molecule has 0 unspecified atom stereocenters. The van der Waals surface area contributed by atoms with Gasteiger partial charge in [-0.15, -0.1) is 13.2 Å². The maximum atomic E-state index is 11.3. The molecule has 1 nitrogen and oxygen atoms in total. The summed E-state index contributed by atoms with van der Waals surface area (Å²) in [7, 11) is 0. The Hall–Kier alpha value is -1.37. The maximum Gasteiger partial charge on any atom is 0.155 e. The largest absolute Gasteiger partial charge is 0.295 e. The molecule has 96 valence electrons. The second-order valence-corrected chi connectivity index (χ2v) is 4.01. The van der Waals surface area contributed by atoms with Gasteiger partial charge in [0.2, 0.25) is 0 Å². The molecule has 0 amide bonds. The molecular weight excluding hydrogens is 208 g/mol. The minimum atomic E-state index is 0.202. The van der Waals surface area contributed by atoms with Crippen LogP contribution in [-0.2, 0) is 4.79 Å². The molecule has 0 spiro atoms. The first-order valence-corrected chi connectivity index (χ1v) is 6.06. The van der Waals surface area contributed by atoms with E-state index in [9.17, 15) is 4.79 Å². The smallest absolute Gasteiger partial charge is 0.155 e. The van der Waals surface area contributed by atoms with Crippen molar-refractivity contribution in [2.75, 3.05) is 0 Å². The summed E-state index contributed by atoms with van der Waals surface area (Å²) in [6.45, 7) is 14.3. The van der Waals surface area contributed by atoms with Gasteiger partial charge in [0.05, 0.1) is 0 Å². The minimum absolute atomic E-state index is 0.202. The van der Waals surface area contributed by atoms with Crippen LogP contribution in [0, 0.1) is 0 Å². The van der Waals surface area contributed by atoms with E-state index in [1.54, 1.807) is 6.08 Å². The molecule has 0 heterocycles. The van der Waals surface area contributed by atoms with Gasteiger partial charge < -0.3 is 0 Å². The van der Waals surface area contributed by atoms with Crippen molar-refractivity contribution < 1.29 is 4.79 Å². The molecule has 0 radical (unpaired) electrons. The molecule has 0 atom stereocenters. The van der Waals surface area contributed by atoms with Crippen LogP contribution in [0.1, 0.15) is 47.0 Å². The third kappa shape index (κ3) is 14.6. The van der Waals surface area contributed by atoms with E-state index in [0.717, 1.165) is 12.8 Å². The van der Waals surface area contributed by atoms with Crippen molar-refractivity contribution in [3.05, 3.63) is 48.6 Å². The number of hydrogen-bond acceptors (Lipinski definition) is 1. The zero-order valence-corrected chi connectivity index (χ0v) is 11.8. The number of rotatable bonds is 6. The van der Waals surface area contributed by atoms with Crippen molar-refractivity contribution in [2.24, 2.45) is 0 Å². The average molecular weight is 234 g/mol. The second-order valence-electron chi connectivity index (χ2n) is 4.01. The van der Waals surface area contributed by atoms with Crippen LogP contribution < -0.4 is 0 Å². The number of hydrogen-bond donors (Lipinski definition) is 0. The summed E-state index contributed by atoms with van der Waals surface area (Å²) in [5.41, 5.74) is 2.57. The maximum absolute atomic E-state index is 11.3. The quantitative estimate of drug-likeness (QED) is 0.358. The number of ketones is 1. The highest BCUT2D eigenvalue weighted by molar-refractivity contribution is 5.89. The van der Waals surface area contributed by atoms with Crippen molar-refractivity contribution in [3.63, 3.8) is 0 Å². The van der Waals surface area contributed by atoms with Crippen LogP contribution >= 0.6 is 0 Å². The molecule has 0 rings (SSSR count). The van der Waals surface area contributed by atoms with E-state index in [0.29, 0.717) is 6.42 Å². The molecule has 0 aliphatic heterocycles. The normalized spacial score (nSPS) is 10.7. The van der Waals surface area contributed by atoms with Gasteiger partial charge >= 0.3 is 0 Å². The fourth-order valence-electron chi connectivity index (χ4n) is 1.02. The molecule has 0 N–H and O–H groups in total. The molecule has 1 heteroatoms. The summed E-state index contributed by atoms with van der Waals surface area (Å²) in [4.78, 5) is 11.3. The van der Waals surface area contributed by atoms with Crippen LogP contribution in [0.5, 0.6) is 0 Å². The lowest BCUT2D eigenvalue weighted by Gasteiger charge is -1.92. The standard InChI is InChI=1S/C14H22O.C2H4/c1-5-13(4)9-7-11-14(15)10-6-8-12(2)3;1-2/h7-9,11H,5-6,10H2,1-4H3;1-2H2/b11-7+,13-9+;. The fourth-order valence-corrected chi connectivity index (χ4v) is 1.02. The first-order chi connectivity index (χ1) is 8.06. The topological polar surface area (TPSA) is 17.1 Å². The molecule has 0 aromatic carbocycles. The highest BCUT2D eigenvalue weighted by Crippen LogP contribution is 2.00. The Bertz CT molecular complexity index is 289. The second kappa shape index (κ2) is 12.7. The molecule has 0 bridgehead atoms. The van der Waals surface area contributed by atoms with Crippen molar-refractivity contribution in [3.8, 4) is 0 Å². The first kappa shape index (κ1) is 18.0. The van der Waals surface area contributed by atoms with Crippen LogP contribution in [0.15, 0.2) is 48.6 Å². The molecule has 0 fully saturated rings. The lowest BCUT2D eigenvalue weighted by atomic mass is 10.1. The Labute approximate surface area is 107 Å². The Morgan fingerprint density at radius 2 is 1.76 bits per heavy atom. The van der Waals surface area contributed by atoms with Gasteiger partial charge in [0.25, 0.3) is 0 Å². The van der Waals surface area contributed by atoms with Crippen LogP contribution in [0.25, 0.3) is 0 Å². The predicted molar refractivity (Wildman–Crippen MR) is 78.1 cm³/mol. The van der Waals surface area contributed by atoms with E-state index in [1.165, 1.54) is 11.1 Å². The molecule has 0 aliphatic carbocycles. The van der Waals surface area contributed by atoms with Crippen molar-refractivity contribution in [1.29, 1.82) is 0 Å². The van der Waals surface area contributed by atoms with Crippen molar-refractivity contribution in [2.45, 2.75) is 47.0 Å². The van der Waals surface area contributed by atoms with Gasteiger partial charge in [-0.1, -0.05) is 36.3 Å². The van der Waals surface area contributed by atoms with E-state index in [4.69, 9.17) is 0 Å². The van der Waals surface area contributed by atoms with E-state index in [2.05, 4.69) is 33.1 Å². The summed E-state index contributed by atoms with van der Waals surface area (Å²) in [5.74, 6) is 0.202. The summed E-state index contributed by atoms with van der Waals surface area (Å²) in [6.07, 6.45) is 10.1. The first-order valence-electron chi connectivity index (χ1n) is 6.06. The zero-order chi connectivity index (χ0) is 13.7. The fraction of sp³-hybridized carbons (Fsp3) is 0.438. The van der Waals surface area contributed by atoms with E-state index < -0.39 is 0 Å².